The summed E-state index contributed by atoms with van der Waals surface area (Å²) in [6.07, 6.45) is 4.55. The lowest BCUT2D eigenvalue weighted by Gasteiger charge is -2.38. The summed E-state index contributed by atoms with van der Waals surface area (Å²) in [6, 6.07) is 10.1. The van der Waals surface area contributed by atoms with Crippen molar-refractivity contribution in [1.82, 2.24) is 14.5 Å². The number of aryl methyl sites for hydroxylation is 1. The Morgan fingerprint density at radius 3 is 2.26 bits per heavy atom. The molecule has 0 spiro atoms. The number of carbonyl (C=O) groups is 2. The normalized spacial score (nSPS) is 14.3. The molecule has 0 saturated carbocycles. The lowest BCUT2D eigenvalue weighted by molar-refractivity contribution is -0.139. The summed E-state index contributed by atoms with van der Waals surface area (Å²) in [4.78, 5) is 34.3. The van der Waals surface area contributed by atoms with Gasteiger partial charge in [-0.15, -0.1) is 0 Å². The van der Waals surface area contributed by atoms with Crippen LogP contribution in [-0.2, 0) is 21.9 Å². The van der Waals surface area contributed by atoms with Gasteiger partial charge in [-0.25, -0.2) is 8.42 Å². The van der Waals surface area contributed by atoms with Gasteiger partial charge in [-0.05, 0) is 36.4 Å². The molecule has 4 rings (SSSR count). The molecule has 1 aromatic carbocycles. The van der Waals surface area contributed by atoms with Gasteiger partial charge < -0.3 is 19.7 Å². The van der Waals surface area contributed by atoms with Gasteiger partial charge >= 0.3 is 0 Å². The van der Waals surface area contributed by atoms with E-state index in [4.69, 9.17) is 11.6 Å². The van der Waals surface area contributed by atoms with E-state index < -0.39 is 10.0 Å². The van der Waals surface area contributed by atoms with Gasteiger partial charge in [-0.1, -0.05) is 32.4 Å². The minimum absolute atomic E-state index is 0.167. The molecule has 39 heavy (non-hydrogen) atoms. The molecule has 0 bridgehead atoms. The number of benzene rings is 1. The Bertz CT molecular complexity index is 1490. The number of hydrogen-bond donors (Lipinski definition) is 2. The highest BCUT2D eigenvalue weighted by molar-refractivity contribution is 7.92. The molecular formula is C27H33ClN6O4S. The molecule has 1 saturated heterocycles. The summed E-state index contributed by atoms with van der Waals surface area (Å²) in [6.45, 7) is 8.64. The lowest BCUT2D eigenvalue weighted by Crippen LogP contribution is -2.51. The highest BCUT2D eigenvalue weighted by Gasteiger charge is 2.29. The van der Waals surface area contributed by atoms with Gasteiger partial charge in [0, 0.05) is 55.5 Å². The van der Waals surface area contributed by atoms with Gasteiger partial charge in [-0.2, -0.15) is 0 Å². The third-order valence-corrected chi connectivity index (χ3v) is 7.13. The standard InChI is InChI=1S/C27H33ClN6O4S/c1-27(2,3)26(36)34-10-8-33(9-11-34)22-6-7-23(29-16-22)24-12-18(17-32(24)4)25(35)30-20-13-19(28)14-21(15-20)31-39(5,37)38/h6-7,12-17,31H,8-11H2,1-5H3,(H,30,35). The van der Waals surface area contributed by atoms with Crippen LogP contribution in [0, 0.1) is 5.41 Å². The first-order valence-electron chi connectivity index (χ1n) is 12.5. The van der Waals surface area contributed by atoms with E-state index in [1.807, 2.05) is 55.6 Å². The molecule has 0 unspecified atom stereocenters. The van der Waals surface area contributed by atoms with E-state index in [-0.39, 0.29) is 27.9 Å². The number of nitrogens with one attached hydrogen (secondary N) is 2. The van der Waals surface area contributed by atoms with Gasteiger partial charge in [0.15, 0.2) is 0 Å². The molecule has 2 amide bonds. The van der Waals surface area contributed by atoms with Crippen molar-refractivity contribution in [3.05, 3.63) is 59.4 Å². The number of nitrogens with zero attached hydrogens (tertiary/aromatic N) is 4. The van der Waals surface area contributed by atoms with Gasteiger partial charge in [0.25, 0.3) is 5.91 Å². The predicted molar refractivity (Wildman–Crippen MR) is 155 cm³/mol. The Hall–Kier alpha value is -3.57. The monoisotopic (exact) mass is 572 g/mol. The van der Waals surface area contributed by atoms with Crippen molar-refractivity contribution in [1.29, 1.82) is 0 Å². The van der Waals surface area contributed by atoms with E-state index in [0.717, 1.165) is 30.7 Å². The van der Waals surface area contributed by atoms with Crippen molar-refractivity contribution in [3.63, 3.8) is 0 Å². The molecular weight excluding hydrogens is 540 g/mol. The maximum Gasteiger partial charge on any atom is 0.257 e. The van der Waals surface area contributed by atoms with E-state index in [1.165, 1.54) is 18.2 Å². The fourth-order valence-corrected chi connectivity index (χ4v) is 5.23. The van der Waals surface area contributed by atoms with Crippen LogP contribution < -0.4 is 14.9 Å². The van der Waals surface area contributed by atoms with Crippen LogP contribution in [0.3, 0.4) is 0 Å². The number of rotatable bonds is 6. The number of halogens is 1. The summed E-state index contributed by atoms with van der Waals surface area (Å²) < 4.78 is 27.3. The van der Waals surface area contributed by atoms with Crippen LogP contribution in [0.4, 0.5) is 17.1 Å². The molecule has 3 heterocycles. The lowest BCUT2D eigenvalue weighted by atomic mass is 9.94. The number of sulfonamides is 1. The van der Waals surface area contributed by atoms with Crippen LogP contribution >= 0.6 is 11.6 Å². The topological polar surface area (TPSA) is 117 Å². The third kappa shape index (κ3) is 7.10. The predicted octanol–water partition coefficient (Wildman–Crippen LogP) is 4.06. The quantitative estimate of drug-likeness (QED) is 0.460. The second-order valence-corrected chi connectivity index (χ2v) is 12.9. The molecule has 12 heteroatoms. The number of anilines is 3. The highest BCUT2D eigenvalue weighted by Crippen LogP contribution is 2.27. The van der Waals surface area contributed by atoms with Gasteiger partial charge in [-0.3, -0.25) is 19.3 Å². The zero-order valence-electron chi connectivity index (χ0n) is 22.7. The van der Waals surface area contributed by atoms with Crippen LogP contribution in [0.25, 0.3) is 11.4 Å². The Morgan fingerprint density at radius 1 is 1.00 bits per heavy atom. The Morgan fingerprint density at radius 2 is 1.67 bits per heavy atom. The summed E-state index contributed by atoms with van der Waals surface area (Å²) in [5.41, 5.74) is 3.09. The van der Waals surface area contributed by atoms with Crippen LogP contribution in [0.1, 0.15) is 31.1 Å². The number of hydrogen-bond acceptors (Lipinski definition) is 6. The van der Waals surface area contributed by atoms with Crippen molar-refractivity contribution in [2.24, 2.45) is 12.5 Å². The van der Waals surface area contributed by atoms with Crippen molar-refractivity contribution in [3.8, 4) is 11.4 Å². The number of aromatic nitrogens is 2. The third-order valence-electron chi connectivity index (χ3n) is 6.31. The zero-order chi connectivity index (χ0) is 28.5. The van der Waals surface area contributed by atoms with Crippen LogP contribution in [0.15, 0.2) is 48.8 Å². The first-order valence-corrected chi connectivity index (χ1v) is 14.7. The maximum absolute atomic E-state index is 13.0. The molecule has 1 fully saturated rings. The fraction of sp³-hybridized carbons (Fsp3) is 0.370. The molecule has 0 atom stereocenters. The van der Waals surface area contributed by atoms with Gasteiger partial charge in [0.05, 0.1) is 40.8 Å². The van der Waals surface area contributed by atoms with Crippen molar-refractivity contribution >= 4 is 50.5 Å². The van der Waals surface area contributed by atoms with Gasteiger partial charge in [0.1, 0.15) is 0 Å². The number of amides is 2. The second-order valence-electron chi connectivity index (χ2n) is 10.7. The first kappa shape index (κ1) is 28.4. The SMILES string of the molecule is Cn1cc(C(=O)Nc2cc(Cl)cc(NS(C)(=O)=O)c2)cc1-c1ccc(N2CCN(C(=O)C(C)(C)C)CC2)cn1. The van der Waals surface area contributed by atoms with Crippen LogP contribution in [0.5, 0.6) is 0 Å². The molecule has 0 radical (unpaired) electrons. The second kappa shape index (κ2) is 10.9. The smallest absolute Gasteiger partial charge is 0.257 e. The summed E-state index contributed by atoms with van der Waals surface area (Å²) in [5.74, 6) is -0.204. The maximum atomic E-state index is 13.0. The molecule has 2 aromatic heterocycles. The largest absolute Gasteiger partial charge is 0.367 e. The van der Waals surface area contributed by atoms with E-state index in [9.17, 15) is 18.0 Å². The average Bonchev–Trinajstić information content (AvgIpc) is 3.23. The van der Waals surface area contributed by atoms with E-state index >= 15 is 0 Å². The molecule has 0 aliphatic carbocycles. The molecule has 1 aliphatic heterocycles. The van der Waals surface area contributed by atoms with Crippen molar-refractivity contribution in [2.45, 2.75) is 20.8 Å². The Labute approximate surface area is 234 Å². The van der Waals surface area contributed by atoms with Crippen molar-refractivity contribution < 1.29 is 18.0 Å². The molecule has 3 aromatic rings. The van der Waals surface area contributed by atoms with Gasteiger partial charge in [0.2, 0.25) is 15.9 Å². The first-order chi connectivity index (χ1) is 18.2. The summed E-state index contributed by atoms with van der Waals surface area (Å²) >= 11 is 6.11. The van der Waals surface area contributed by atoms with E-state index in [1.54, 1.807) is 12.3 Å². The molecule has 208 valence electrons. The minimum atomic E-state index is -3.50. The minimum Gasteiger partial charge on any atom is -0.367 e. The molecule has 10 nitrogen and oxygen atoms in total. The average molecular weight is 573 g/mol. The number of pyridine rings is 1. The molecule has 1 aliphatic rings. The van der Waals surface area contributed by atoms with Crippen molar-refractivity contribution in [2.75, 3.05) is 47.4 Å². The summed E-state index contributed by atoms with van der Waals surface area (Å²) in [7, 11) is -1.66. The fourth-order valence-electron chi connectivity index (χ4n) is 4.45. The number of carbonyl (C=O) groups excluding carboxylic acids is 2. The van der Waals surface area contributed by atoms with E-state index in [0.29, 0.717) is 30.0 Å². The Kier molecular flexibility index (Phi) is 7.94. The number of piperazine rings is 1. The van der Waals surface area contributed by atoms with E-state index in [2.05, 4.69) is 19.9 Å². The zero-order valence-corrected chi connectivity index (χ0v) is 24.2. The Balaban J connectivity index is 1.43. The highest BCUT2D eigenvalue weighted by atomic mass is 35.5. The van der Waals surface area contributed by atoms with Crippen LogP contribution in [-0.4, -0.2) is 67.1 Å². The molecule has 2 N–H and O–H groups in total. The van der Waals surface area contributed by atoms with Crippen LogP contribution in [0.2, 0.25) is 5.02 Å². The summed E-state index contributed by atoms with van der Waals surface area (Å²) in [5, 5.41) is 3.04.